The van der Waals surface area contributed by atoms with Crippen LogP contribution in [-0.2, 0) is 16.1 Å². The lowest BCUT2D eigenvalue weighted by Crippen LogP contribution is -2.30. The van der Waals surface area contributed by atoms with Crippen LogP contribution in [0, 0.1) is 0 Å². The molecule has 0 amide bonds. The summed E-state index contributed by atoms with van der Waals surface area (Å²) in [5.74, 6) is -0.713. The molecule has 1 fully saturated rings. The Kier molecular flexibility index (Phi) is 5.82. The second-order valence-corrected chi connectivity index (χ2v) is 7.35. The summed E-state index contributed by atoms with van der Waals surface area (Å²) in [7, 11) is 0. The Morgan fingerprint density at radius 3 is 2.73 bits per heavy atom. The van der Waals surface area contributed by atoms with Crippen molar-refractivity contribution in [3.05, 3.63) is 47.4 Å². The van der Waals surface area contributed by atoms with Gasteiger partial charge in [-0.15, -0.1) is 0 Å². The lowest BCUT2D eigenvalue weighted by molar-refractivity contribution is -0.135. The van der Waals surface area contributed by atoms with E-state index in [-0.39, 0.29) is 31.4 Å². The molecule has 1 aromatic carbocycles. The highest BCUT2D eigenvalue weighted by Gasteiger charge is 2.37. The molecule has 2 aromatic heterocycles. The van der Waals surface area contributed by atoms with Crippen molar-refractivity contribution in [1.29, 1.82) is 0 Å². The van der Waals surface area contributed by atoms with E-state index in [9.17, 15) is 20.1 Å². The van der Waals surface area contributed by atoms with Crippen molar-refractivity contribution >= 4 is 34.4 Å². The molecule has 0 bridgehead atoms. The number of aromatic nitrogens is 4. The molecule has 0 saturated carbocycles. The largest absolute Gasteiger partial charge is 0.480 e. The van der Waals surface area contributed by atoms with Crippen LogP contribution >= 0.6 is 11.6 Å². The van der Waals surface area contributed by atoms with E-state index in [1.165, 1.54) is 10.9 Å². The van der Waals surface area contributed by atoms with Crippen molar-refractivity contribution in [3.8, 4) is 0 Å². The van der Waals surface area contributed by atoms with Crippen LogP contribution in [-0.4, -0.2) is 66.4 Å². The fourth-order valence-corrected chi connectivity index (χ4v) is 3.71. The number of carboxylic acids is 1. The van der Waals surface area contributed by atoms with Crippen molar-refractivity contribution in [2.75, 3.05) is 18.1 Å². The van der Waals surface area contributed by atoms with E-state index in [0.717, 1.165) is 5.56 Å². The zero-order valence-electron chi connectivity index (χ0n) is 15.8. The first kappa shape index (κ1) is 20.5. The highest BCUT2D eigenvalue weighted by Crippen LogP contribution is 2.33. The van der Waals surface area contributed by atoms with Gasteiger partial charge in [0.25, 0.3) is 0 Å². The van der Waals surface area contributed by atoms with Crippen LogP contribution < -0.4 is 4.90 Å². The van der Waals surface area contributed by atoms with Gasteiger partial charge in [0.2, 0.25) is 5.28 Å². The minimum Gasteiger partial charge on any atom is -0.480 e. The molecule has 1 unspecified atom stereocenters. The predicted octanol–water partition coefficient (Wildman–Crippen LogP) is 1.21. The van der Waals surface area contributed by atoms with Crippen LogP contribution in [0.5, 0.6) is 0 Å². The van der Waals surface area contributed by atoms with Gasteiger partial charge in [0.15, 0.2) is 11.9 Å². The Hall–Kier alpha value is -2.79. The molecule has 10 nitrogen and oxygen atoms in total. The highest BCUT2D eigenvalue weighted by molar-refractivity contribution is 6.28. The summed E-state index contributed by atoms with van der Waals surface area (Å²) in [4.78, 5) is 21.6. The first-order valence-electron chi connectivity index (χ1n) is 9.32. The van der Waals surface area contributed by atoms with Crippen molar-refractivity contribution in [1.82, 2.24) is 19.7 Å². The van der Waals surface area contributed by atoms with Gasteiger partial charge in [0.1, 0.15) is 18.5 Å². The summed E-state index contributed by atoms with van der Waals surface area (Å²) in [5.41, 5.74) is 1.20. The molecule has 3 aromatic rings. The molecule has 0 spiro atoms. The lowest BCUT2D eigenvalue weighted by atomic mass is 10.2. The number of benzene rings is 1. The molecule has 158 valence electrons. The fourth-order valence-electron chi connectivity index (χ4n) is 3.55. The van der Waals surface area contributed by atoms with Crippen LogP contribution in [0.2, 0.25) is 5.28 Å². The first-order valence-corrected chi connectivity index (χ1v) is 9.70. The third kappa shape index (κ3) is 4.08. The Bertz CT molecular complexity index is 1050. The number of aliphatic carboxylic acids is 1. The Labute approximate surface area is 176 Å². The number of ether oxygens (including phenoxy) is 1. The third-order valence-corrected chi connectivity index (χ3v) is 5.03. The van der Waals surface area contributed by atoms with E-state index >= 15 is 0 Å². The Balaban J connectivity index is 1.76. The van der Waals surface area contributed by atoms with Crippen LogP contribution in [0.4, 0.5) is 5.82 Å². The number of aliphatic hydroxyl groups excluding tert-OH is 2. The maximum absolute atomic E-state index is 11.5. The van der Waals surface area contributed by atoms with E-state index in [1.54, 1.807) is 4.90 Å². The van der Waals surface area contributed by atoms with E-state index in [1.807, 2.05) is 30.3 Å². The quantitative estimate of drug-likeness (QED) is 0.470. The molecule has 30 heavy (non-hydrogen) atoms. The standard InChI is InChI=1S/C19H20ClN5O5/c20-19-22-16(24(9-15(28)29)8-11-4-2-1-3-5-11)13-7-21-25(17(13)23-19)18-14(27)6-12(10-26)30-18/h1-5,7,12,14,18,26-27H,6,8-10H2,(H,28,29)/t12-,14+,18?/m0/s1. The van der Waals surface area contributed by atoms with Gasteiger partial charge in [0.05, 0.1) is 24.3 Å². The zero-order valence-corrected chi connectivity index (χ0v) is 16.6. The molecular weight excluding hydrogens is 414 g/mol. The molecule has 3 heterocycles. The van der Waals surface area contributed by atoms with E-state index in [2.05, 4.69) is 15.1 Å². The van der Waals surface area contributed by atoms with Gasteiger partial charge in [-0.3, -0.25) is 4.79 Å². The van der Waals surface area contributed by atoms with Gasteiger partial charge in [-0.25, -0.2) is 4.68 Å². The third-order valence-electron chi connectivity index (χ3n) is 4.86. The van der Waals surface area contributed by atoms with Gasteiger partial charge in [0, 0.05) is 13.0 Å². The maximum atomic E-state index is 11.5. The summed E-state index contributed by atoms with van der Waals surface area (Å²) in [5, 5.41) is 33.7. The second kappa shape index (κ2) is 8.52. The Morgan fingerprint density at radius 1 is 1.30 bits per heavy atom. The summed E-state index contributed by atoms with van der Waals surface area (Å²) >= 11 is 6.15. The van der Waals surface area contributed by atoms with Gasteiger partial charge < -0.3 is 25.0 Å². The van der Waals surface area contributed by atoms with Crippen LogP contribution in [0.3, 0.4) is 0 Å². The summed E-state index contributed by atoms with van der Waals surface area (Å²) in [6.07, 6.45) is -0.499. The number of anilines is 1. The molecule has 0 aliphatic carbocycles. The highest BCUT2D eigenvalue weighted by atomic mass is 35.5. The molecule has 4 rings (SSSR count). The molecule has 0 radical (unpaired) electrons. The summed E-state index contributed by atoms with van der Waals surface area (Å²) in [6.45, 7) is -0.245. The molecule has 1 saturated heterocycles. The minimum absolute atomic E-state index is 0.0890. The van der Waals surface area contributed by atoms with Crippen molar-refractivity contribution < 1.29 is 24.9 Å². The SMILES string of the molecule is O=C(O)CN(Cc1ccccc1)c1nc(Cl)nc2c1cnn2C1O[C@H](CO)C[C@H]1O. The number of carboxylic acid groups (broad SMARTS) is 1. The van der Waals surface area contributed by atoms with E-state index in [0.29, 0.717) is 16.9 Å². The minimum atomic E-state index is -1.03. The topological polar surface area (TPSA) is 134 Å². The van der Waals surface area contributed by atoms with Gasteiger partial charge >= 0.3 is 5.97 Å². The fraction of sp³-hybridized carbons (Fsp3) is 0.368. The zero-order chi connectivity index (χ0) is 21.3. The average Bonchev–Trinajstić information content (AvgIpc) is 3.30. The lowest BCUT2D eigenvalue weighted by Gasteiger charge is -2.23. The summed E-state index contributed by atoms with van der Waals surface area (Å²) in [6, 6.07) is 9.38. The first-order chi connectivity index (χ1) is 14.5. The van der Waals surface area contributed by atoms with Crippen molar-refractivity contribution in [3.63, 3.8) is 0 Å². The van der Waals surface area contributed by atoms with Gasteiger partial charge in [-0.05, 0) is 17.2 Å². The van der Waals surface area contributed by atoms with Crippen molar-refractivity contribution in [2.45, 2.75) is 31.4 Å². The number of halogens is 1. The molecule has 11 heteroatoms. The molecule has 3 N–H and O–H groups in total. The van der Waals surface area contributed by atoms with Gasteiger partial charge in [-0.2, -0.15) is 15.1 Å². The summed E-state index contributed by atoms with van der Waals surface area (Å²) < 4.78 is 7.05. The predicted molar refractivity (Wildman–Crippen MR) is 107 cm³/mol. The number of hydrogen-bond donors (Lipinski definition) is 3. The molecule has 1 aliphatic rings. The number of aliphatic hydroxyl groups is 2. The number of nitrogens with zero attached hydrogens (tertiary/aromatic N) is 5. The van der Waals surface area contributed by atoms with Crippen LogP contribution in [0.1, 0.15) is 18.2 Å². The monoisotopic (exact) mass is 433 g/mol. The smallest absolute Gasteiger partial charge is 0.323 e. The average molecular weight is 434 g/mol. The van der Waals surface area contributed by atoms with Gasteiger partial charge in [-0.1, -0.05) is 30.3 Å². The normalized spacial score (nSPS) is 21.2. The maximum Gasteiger partial charge on any atom is 0.323 e. The molecular formula is C19H20ClN5O5. The van der Waals surface area contributed by atoms with Crippen molar-refractivity contribution in [2.24, 2.45) is 0 Å². The Morgan fingerprint density at radius 2 is 2.07 bits per heavy atom. The number of rotatable bonds is 7. The molecule has 1 aliphatic heterocycles. The van der Waals surface area contributed by atoms with Crippen LogP contribution in [0.25, 0.3) is 11.0 Å². The number of hydrogen-bond acceptors (Lipinski definition) is 8. The van der Waals surface area contributed by atoms with E-state index in [4.69, 9.17) is 16.3 Å². The number of carbonyl (C=O) groups is 1. The number of fused-ring (bicyclic) bond motifs is 1. The molecule has 3 atom stereocenters. The second-order valence-electron chi connectivity index (χ2n) is 7.01. The van der Waals surface area contributed by atoms with Crippen LogP contribution in [0.15, 0.2) is 36.5 Å². The van der Waals surface area contributed by atoms with E-state index < -0.39 is 24.4 Å².